The third-order valence-electron chi connectivity index (χ3n) is 4.15. The van der Waals surface area contributed by atoms with Crippen molar-refractivity contribution in [3.63, 3.8) is 0 Å². The number of benzene rings is 1. The molecule has 2 N–H and O–H groups in total. The summed E-state index contributed by atoms with van der Waals surface area (Å²) >= 11 is 0. The van der Waals surface area contributed by atoms with Crippen molar-refractivity contribution in [3.8, 4) is 5.75 Å². The average molecular weight is 355 g/mol. The summed E-state index contributed by atoms with van der Waals surface area (Å²) in [5.41, 5.74) is 1.61. The van der Waals surface area contributed by atoms with Crippen LogP contribution >= 0.6 is 0 Å². The van der Waals surface area contributed by atoms with Crippen molar-refractivity contribution in [1.82, 2.24) is 15.3 Å². The molecular formula is C19H25N5O2. The van der Waals surface area contributed by atoms with Crippen LogP contribution in [0.25, 0.3) is 0 Å². The Balaban J connectivity index is 1.55. The SMILES string of the molecule is CCOc1ccc(NC(=O)NCc2nc(C)cc(N3CCCC3)n2)cc1. The molecule has 1 aliphatic heterocycles. The molecule has 0 aliphatic carbocycles. The first kappa shape index (κ1) is 18.0. The zero-order valence-electron chi connectivity index (χ0n) is 15.3. The van der Waals surface area contributed by atoms with Crippen LogP contribution in [-0.4, -0.2) is 35.7 Å². The summed E-state index contributed by atoms with van der Waals surface area (Å²) < 4.78 is 5.39. The highest BCUT2D eigenvalue weighted by Crippen LogP contribution is 2.18. The molecule has 2 aromatic rings. The van der Waals surface area contributed by atoms with Gasteiger partial charge in [-0.2, -0.15) is 0 Å². The third-order valence-corrected chi connectivity index (χ3v) is 4.15. The zero-order chi connectivity index (χ0) is 18.4. The van der Waals surface area contributed by atoms with Crippen molar-refractivity contribution in [2.24, 2.45) is 0 Å². The first-order valence-electron chi connectivity index (χ1n) is 9.01. The lowest BCUT2D eigenvalue weighted by Crippen LogP contribution is -2.29. The normalized spacial score (nSPS) is 13.5. The van der Waals surface area contributed by atoms with Gasteiger partial charge in [0.15, 0.2) is 0 Å². The van der Waals surface area contributed by atoms with Gasteiger partial charge in [0.1, 0.15) is 17.4 Å². The van der Waals surface area contributed by atoms with E-state index in [4.69, 9.17) is 4.74 Å². The van der Waals surface area contributed by atoms with Gasteiger partial charge >= 0.3 is 6.03 Å². The Bertz CT molecular complexity index is 742. The molecule has 1 aliphatic rings. The van der Waals surface area contributed by atoms with E-state index in [9.17, 15) is 4.79 Å². The number of nitrogens with zero attached hydrogens (tertiary/aromatic N) is 3. The fourth-order valence-electron chi connectivity index (χ4n) is 2.94. The summed E-state index contributed by atoms with van der Waals surface area (Å²) in [6.45, 7) is 6.84. The predicted molar refractivity (Wildman–Crippen MR) is 102 cm³/mol. The molecule has 0 bridgehead atoms. The number of urea groups is 1. The fourth-order valence-corrected chi connectivity index (χ4v) is 2.94. The quantitative estimate of drug-likeness (QED) is 0.832. The Morgan fingerprint density at radius 1 is 1.19 bits per heavy atom. The Hall–Kier alpha value is -2.83. The van der Waals surface area contributed by atoms with Crippen LogP contribution in [0.2, 0.25) is 0 Å². The van der Waals surface area contributed by atoms with Gasteiger partial charge < -0.3 is 20.3 Å². The molecule has 1 fully saturated rings. The second kappa shape index (κ2) is 8.51. The predicted octanol–water partition coefficient (Wildman–Crippen LogP) is 3.11. The highest BCUT2D eigenvalue weighted by Gasteiger charge is 2.15. The minimum absolute atomic E-state index is 0.283. The first-order chi connectivity index (χ1) is 12.6. The number of nitrogens with one attached hydrogen (secondary N) is 2. The number of hydrogen-bond donors (Lipinski definition) is 2. The summed E-state index contributed by atoms with van der Waals surface area (Å²) in [5, 5.41) is 5.60. The van der Waals surface area contributed by atoms with Gasteiger partial charge in [-0.3, -0.25) is 0 Å². The first-order valence-corrected chi connectivity index (χ1v) is 9.01. The van der Waals surface area contributed by atoms with Crippen LogP contribution in [0.15, 0.2) is 30.3 Å². The highest BCUT2D eigenvalue weighted by atomic mass is 16.5. The van der Waals surface area contributed by atoms with E-state index in [1.54, 1.807) is 12.1 Å². The van der Waals surface area contributed by atoms with Gasteiger partial charge in [0.25, 0.3) is 0 Å². The maximum Gasteiger partial charge on any atom is 0.319 e. The maximum absolute atomic E-state index is 12.1. The molecule has 1 aromatic heterocycles. The molecular weight excluding hydrogens is 330 g/mol. The fraction of sp³-hybridized carbons (Fsp3) is 0.421. The summed E-state index contributed by atoms with van der Waals surface area (Å²) in [6.07, 6.45) is 2.39. The number of carbonyl (C=O) groups excluding carboxylic acids is 1. The smallest absolute Gasteiger partial charge is 0.319 e. The number of anilines is 2. The summed E-state index contributed by atoms with van der Waals surface area (Å²) in [6, 6.07) is 8.96. The lowest BCUT2D eigenvalue weighted by atomic mass is 10.3. The van der Waals surface area contributed by atoms with E-state index in [1.165, 1.54) is 12.8 Å². The number of aryl methyl sites for hydroxylation is 1. The summed E-state index contributed by atoms with van der Waals surface area (Å²) in [7, 11) is 0. The topological polar surface area (TPSA) is 79.4 Å². The molecule has 2 amide bonds. The van der Waals surface area contributed by atoms with Crippen LogP contribution in [0.1, 0.15) is 31.3 Å². The number of carbonyl (C=O) groups is 1. The molecule has 0 atom stereocenters. The van der Waals surface area contributed by atoms with Crippen molar-refractivity contribution in [2.45, 2.75) is 33.2 Å². The summed E-state index contributed by atoms with van der Waals surface area (Å²) in [5.74, 6) is 2.34. The number of hydrogen-bond acceptors (Lipinski definition) is 5. The Kier molecular flexibility index (Phi) is 5.88. The van der Waals surface area contributed by atoms with Crippen LogP contribution in [0.3, 0.4) is 0 Å². The van der Waals surface area contributed by atoms with Gasteiger partial charge in [-0.25, -0.2) is 14.8 Å². The molecule has 3 rings (SSSR count). The largest absolute Gasteiger partial charge is 0.494 e. The van der Waals surface area contributed by atoms with E-state index < -0.39 is 0 Å². The summed E-state index contributed by atoms with van der Waals surface area (Å²) in [4.78, 5) is 23.4. The zero-order valence-corrected chi connectivity index (χ0v) is 15.3. The molecule has 138 valence electrons. The molecule has 0 radical (unpaired) electrons. The highest BCUT2D eigenvalue weighted by molar-refractivity contribution is 5.89. The second-order valence-corrected chi connectivity index (χ2v) is 6.24. The molecule has 0 spiro atoms. The van der Waals surface area contributed by atoms with Gasteiger partial charge in [-0.05, 0) is 51.0 Å². The van der Waals surface area contributed by atoms with Gasteiger partial charge in [-0.15, -0.1) is 0 Å². The van der Waals surface area contributed by atoms with Crippen LogP contribution in [-0.2, 0) is 6.54 Å². The van der Waals surface area contributed by atoms with Crippen molar-refractivity contribution in [2.75, 3.05) is 29.9 Å². The molecule has 0 saturated carbocycles. The average Bonchev–Trinajstić information content (AvgIpc) is 3.16. The van der Waals surface area contributed by atoms with Crippen molar-refractivity contribution >= 4 is 17.5 Å². The molecule has 0 unspecified atom stereocenters. The molecule has 7 nitrogen and oxygen atoms in total. The van der Waals surface area contributed by atoms with Crippen LogP contribution in [0.4, 0.5) is 16.3 Å². The van der Waals surface area contributed by atoms with Crippen LogP contribution in [0, 0.1) is 6.92 Å². The van der Waals surface area contributed by atoms with E-state index in [-0.39, 0.29) is 12.6 Å². The van der Waals surface area contributed by atoms with Crippen LogP contribution in [0.5, 0.6) is 5.75 Å². The maximum atomic E-state index is 12.1. The van der Waals surface area contributed by atoms with Crippen molar-refractivity contribution in [1.29, 1.82) is 0 Å². The molecule has 1 aromatic carbocycles. The molecule has 1 saturated heterocycles. The molecule has 7 heteroatoms. The van der Waals surface area contributed by atoms with Gasteiger partial charge in [-0.1, -0.05) is 0 Å². The minimum atomic E-state index is -0.290. The Morgan fingerprint density at radius 3 is 2.62 bits per heavy atom. The Labute approximate surface area is 153 Å². The lowest BCUT2D eigenvalue weighted by molar-refractivity contribution is 0.251. The lowest BCUT2D eigenvalue weighted by Gasteiger charge is -2.17. The number of rotatable bonds is 6. The second-order valence-electron chi connectivity index (χ2n) is 6.24. The number of aromatic nitrogens is 2. The van der Waals surface area contributed by atoms with E-state index in [0.717, 1.165) is 30.4 Å². The molecule has 2 heterocycles. The van der Waals surface area contributed by atoms with Crippen molar-refractivity contribution in [3.05, 3.63) is 41.9 Å². The van der Waals surface area contributed by atoms with E-state index in [2.05, 4.69) is 25.5 Å². The number of amides is 2. The molecule has 26 heavy (non-hydrogen) atoms. The van der Waals surface area contributed by atoms with Gasteiger partial charge in [0, 0.05) is 30.5 Å². The van der Waals surface area contributed by atoms with Gasteiger partial charge in [0.05, 0.1) is 13.2 Å². The van der Waals surface area contributed by atoms with Gasteiger partial charge in [0.2, 0.25) is 0 Å². The third kappa shape index (κ3) is 4.84. The Morgan fingerprint density at radius 2 is 1.92 bits per heavy atom. The van der Waals surface area contributed by atoms with E-state index in [1.807, 2.05) is 32.0 Å². The van der Waals surface area contributed by atoms with E-state index in [0.29, 0.717) is 18.1 Å². The van der Waals surface area contributed by atoms with Crippen molar-refractivity contribution < 1.29 is 9.53 Å². The standard InChI is InChI=1S/C19H25N5O2/c1-3-26-16-8-6-15(7-9-16)22-19(25)20-13-17-21-14(2)12-18(23-17)24-10-4-5-11-24/h6-9,12H,3-5,10-11,13H2,1-2H3,(H2,20,22,25). The number of ether oxygens (including phenoxy) is 1. The monoisotopic (exact) mass is 355 g/mol. The van der Waals surface area contributed by atoms with Crippen LogP contribution < -0.4 is 20.3 Å². The minimum Gasteiger partial charge on any atom is -0.494 e. The van der Waals surface area contributed by atoms with E-state index >= 15 is 0 Å².